The van der Waals surface area contributed by atoms with Crippen molar-refractivity contribution in [1.82, 2.24) is 10.6 Å². The number of methoxy groups -OCH3 is 1. The van der Waals surface area contributed by atoms with Crippen LogP contribution in [0.5, 0.6) is 5.75 Å². The number of ether oxygens (including phenoxy) is 1. The molecule has 8 nitrogen and oxygen atoms in total. The van der Waals surface area contributed by atoms with Gasteiger partial charge in [0.25, 0.3) is 0 Å². The molecule has 3 N–H and O–H groups in total. The van der Waals surface area contributed by atoms with Gasteiger partial charge in [-0.15, -0.1) is 0 Å². The van der Waals surface area contributed by atoms with Gasteiger partial charge in [0.05, 0.1) is 19.2 Å². The summed E-state index contributed by atoms with van der Waals surface area (Å²) in [6, 6.07) is 5.20. The van der Waals surface area contributed by atoms with Crippen LogP contribution in [0.2, 0.25) is 0 Å². The number of carboxylic acid groups (broad SMARTS) is 1. The lowest BCUT2D eigenvalue weighted by Gasteiger charge is -2.09. The molecule has 130 valence electrons. The minimum Gasteiger partial charge on any atom is -0.496 e. The van der Waals surface area contributed by atoms with E-state index in [0.29, 0.717) is 11.3 Å². The Balaban J connectivity index is 2.44. The molecule has 0 radical (unpaired) electrons. The third-order valence-electron chi connectivity index (χ3n) is 3.12. The van der Waals surface area contributed by atoms with Crippen molar-refractivity contribution in [2.75, 3.05) is 20.2 Å². The number of nitrogens with one attached hydrogen (secondary N) is 2. The maximum Gasteiger partial charge on any atom is 0.322 e. The highest BCUT2D eigenvalue weighted by Gasteiger charge is 2.14. The third-order valence-corrected chi connectivity index (χ3v) is 3.12. The molecule has 0 atom stereocenters. The molecule has 1 aromatic carbocycles. The van der Waals surface area contributed by atoms with Gasteiger partial charge in [-0.25, -0.2) is 0 Å². The molecule has 0 spiro atoms. The predicted octanol–water partition coefficient (Wildman–Crippen LogP) is 0.284. The SMILES string of the molecule is COc1ccc(C)cc1C(=O)CCC(=O)NCC(=O)NCC(=O)O. The Labute approximate surface area is 139 Å². The molecule has 0 unspecified atom stereocenters. The molecule has 24 heavy (non-hydrogen) atoms. The van der Waals surface area contributed by atoms with Crippen LogP contribution >= 0.6 is 0 Å². The zero-order valence-corrected chi connectivity index (χ0v) is 13.5. The van der Waals surface area contributed by atoms with E-state index >= 15 is 0 Å². The summed E-state index contributed by atoms with van der Waals surface area (Å²) >= 11 is 0. The van der Waals surface area contributed by atoms with E-state index in [1.807, 2.05) is 13.0 Å². The summed E-state index contributed by atoms with van der Waals surface area (Å²) in [7, 11) is 1.46. The third kappa shape index (κ3) is 6.47. The molecule has 0 aliphatic heterocycles. The van der Waals surface area contributed by atoms with E-state index in [1.54, 1.807) is 12.1 Å². The number of Topliss-reactive ketones (excluding diaryl/α,β-unsaturated/α-hetero) is 1. The smallest absolute Gasteiger partial charge is 0.322 e. The number of aryl methyl sites for hydroxylation is 1. The molecule has 2 amide bonds. The highest BCUT2D eigenvalue weighted by Crippen LogP contribution is 2.21. The van der Waals surface area contributed by atoms with Crippen LogP contribution in [0.4, 0.5) is 0 Å². The average molecular weight is 336 g/mol. The van der Waals surface area contributed by atoms with Gasteiger partial charge in [-0.3, -0.25) is 19.2 Å². The van der Waals surface area contributed by atoms with E-state index in [0.717, 1.165) is 5.56 Å². The van der Waals surface area contributed by atoms with Crippen LogP contribution in [0.15, 0.2) is 18.2 Å². The highest BCUT2D eigenvalue weighted by atomic mass is 16.5. The Morgan fingerprint density at radius 1 is 1.04 bits per heavy atom. The summed E-state index contributed by atoms with van der Waals surface area (Å²) in [6.07, 6.45) is -0.107. The number of benzene rings is 1. The lowest BCUT2D eigenvalue weighted by Crippen LogP contribution is -2.39. The number of amides is 2. The van der Waals surface area contributed by atoms with Crippen molar-refractivity contribution < 1.29 is 29.0 Å². The monoisotopic (exact) mass is 336 g/mol. The molecule has 0 bridgehead atoms. The second-order valence-corrected chi connectivity index (χ2v) is 5.07. The fraction of sp³-hybridized carbons (Fsp3) is 0.375. The Morgan fingerprint density at radius 2 is 1.71 bits per heavy atom. The molecular formula is C16H20N2O6. The largest absolute Gasteiger partial charge is 0.496 e. The van der Waals surface area contributed by atoms with Crippen molar-refractivity contribution in [1.29, 1.82) is 0 Å². The van der Waals surface area contributed by atoms with Crippen LogP contribution in [0, 0.1) is 6.92 Å². The lowest BCUT2D eigenvalue weighted by molar-refractivity contribution is -0.137. The molecule has 0 saturated heterocycles. The van der Waals surface area contributed by atoms with E-state index in [9.17, 15) is 19.2 Å². The topological polar surface area (TPSA) is 122 Å². The van der Waals surface area contributed by atoms with Gasteiger partial charge in [0.2, 0.25) is 11.8 Å². The van der Waals surface area contributed by atoms with Crippen LogP contribution < -0.4 is 15.4 Å². The van der Waals surface area contributed by atoms with Crippen molar-refractivity contribution in [3.8, 4) is 5.75 Å². The van der Waals surface area contributed by atoms with Crippen molar-refractivity contribution in [2.24, 2.45) is 0 Å². The first kappa shape index (κ1) is 19.1. The van der Waals surface area contributed by atoms with Gasteiger partial charge in [-0.05, 0) is 19.1 Å². The van der Waals surface area contributed by atoms with Crippen LogP contribution in [-0.4, -0.2) is 48.9 Å². The van der Waals surface area contributed by atoms with Gasteiger partial charge in [0.1, 0.15) is 12.3 Å². The Morgan fingerprint density at radius 3 is 2.33 bits per heavy atom. The van der Waals surface area contributed by atoms with E-state index in [2.05, 4.69) is 10.6 Å². The normalized spacial score (nSPS) is 9.92. The number of aliphatic carboxylic acids is 1. The number of hydrogen-bond acceptors (Lipinski definition) is 5. The fourth-order valence-electron chi connectivity index (χ4n) is 1.91. The first-order valence-electron chi connectivity index (χ1n) is 7.26. The van der Waals surface area contributed by atoms with Crippen LogP contribution in [0.3, 0.4) is 0 Å². The van der Waals surface area contributed by atoms with Gasteiger partial charge in [0, 0.05) is 12.8 Å². The van der Waals surface area contributed by atoms with Crippen molar-refractivity contribution in [3.63, 3.8) is 0 Å². The minimum atomic E-state index is -1.17. The molecule has 8 heteroatoms. The van der Waals surface area contributed by atoms with Crippen molar-refractivity contribution in [2.45, 2.75) is 19.8 Å². The summed E-state index contributed by atoms with van der Waals surface area (Å²) in [5.41, 5.74) is 1.31. The van der Waals surface area contributed by atoms with Gasteiger partial charge in [-0.2, -0.15) is 0 Å². The summed E-state index contributed by atoms with van der Waals surface area (Å²) in [6.45, 7) is 0.993. The molecule has 0 heterocycles. The summed E-state index contributed by atoms with van der Waals surface area (Å²) in [5, 5.41) is 12.8. The number of rotatable bonds is 9. The van der Waals surface area contributed by atoms with Crippen molar-refractivity contribution in [3.05, 3.63) is 29.3 Å². The maximum absolute atomic E-state index is 12.2. The number of carbonyl (C=O) groups excluding carboxylic acids is 3. The number of carboxylic acids is 1. The molecule has 1 aromatic rings. The number of ketones is 1. The molecule has 0 aliphatic rings. The second kappa shape index (κ2) is 9.29. The van der Waals surface area contributed by atoms with Gasteiger partial charge < -0.3 is 20.5 Å². The molecule has 0 aliphatic carbocycles. The van der Waals surface area contributed by atoms with E-state index in [-0.39, 0.29) is 25.2 Å². The number of carbonyl (C=O) groups is 4. The Kier molecular flexibility index (Phi) is 7.41. The van der Waals surface area contributed by atoms with Gasteiger partial charge in [-0.1, -0.05) is 11.6 Å². The molecule has 0 aromatic heterocycles. The predicted molar refractivity (Wildman–Crippen MR) is 85.0 cm³/mol. The minimum absolute atomic E-state index is 0.0254. The first-order valence-corrected chi connectivity index (χ1v) is 7.26. The zero-order valence-electron chi connectivity index (χ0n) is 13.5. The first-order chi connectivity index (χ1) is 11.3. The molecule has 0 fully saturated rings. The zero-order chi connectivity index (χ0) is 18.1. The average Bonchev–Trinajstić information content (AvgIpc) is 2.55. The van der Waals surface area contributed by atoms with Gasteiger partial charge in [0.15, 0.2) is 5.78 Å². The molecule has 1 rings (SSSR count). The quantitative estimate of drug-likeness (QED) is 0.557. The van der Waals surface area contributed by atoms with Gasteiger partial charge >= 0.3 is 5.97 Å². The van der Waals surface area contributed by atoms with Crippen LogP contribution in [0.25, 0.3) is 0 Å². The number of hydrogen-bond donors (Lipinski definition) is 3. The molecular weight excluding hydrogens is 316 g/mol. The van der Waals surface area contributed by atoms with E-state index in [1.165, 1.54) is 7.11 Å². The lowest BCUT2D eigenvalue weighted by atomic mass is 10.0. The van der Waals surface area contributed by atoms with Crippen LogP contribution in [-0.2, 0) is 14.4 Å². The second-order valence-electron chi connectivity index (χ2n) is 5.07. The van der Waals surface area contributed by atoms with Crippen LogP contribution in [0.1, 0.15) is 28.8 Å². The Bertz CT molecular complexity index is 641. The van der Waals surface area contributed by atoms with E-state index in [4.69, 9.17) is 9.84 Å². The summed E-state index contributed by atoms with van der Waals surface area (Å²) < 4.78 is 5.13. The summed E-state index contributed by atoms with van der Waals surface area (Å²) in [5.74, 6) is -2.05. The maximum atomic E-state index is 12.2. The fourth-order valence-corrected chi connectivity index (χ4v) is 1.91. The highest BCUT2D eigenvalue weighted by molar-refractivity contribution is 6.00. The standard InChI is InChI=1S/C16H20N2O6/c1-10-3-5-13(24-2)11(7-10)12(19)4-6-14(20)17-8-15(21)18-9-16(22)23/h3,5,7H,4,6,8-9H2,1-2H3,(H,17,20)(H,18,21)(H,22,23). The Hall–Kier alpha value is -2.90. The molecule has 0 saturated carbocycles. The summed E-state index contributed by atoms with van der Waals surface area (Å²) in [4.78, 5) is 45.4. The van der Waals surface area contributed by atoms with E-state index < -0.39 is 24.3 Å². The van der Waals surface area contributed by atoms with Crippen molar-refractivity contribution >= 4 is 23.6 Å².